The van der Waals surface area contributed by atoms with Crippen LogP contribution in [0.25, 0.3) is 0 Å². The van der Waals surface area contributed by atoms with Gasteiger partial charge < -0.3 is 10.1 Å². The smallest absolute Gasteiger partial charge is 0.0594 e. The van der Waals surface area contributed by atoms with Crippen molar-refractivity contribution in [1.82, 2.24) is 10.2 Å². The van der Waals surface area contributed by atoms with Crippen LogP contribution < -0.4 is 5.32 Å². The van der Waals surface area contributed by atoms with Gasteiger partial charge in [0, 0.05) is 37.0 Å². The first-order chi connectivity index (χ1) is 10.9. The third kappa shape index (κ3) is 2.82. The molecule has 3 nitrogen and oxygen atoms in total. The van der Waals surface area contributed by atoms with Gasteiger partial charge in [0.2, 0.25) is 0 Å². The van der Waals surface area contributed by atoms with Crippen molar-refractivity contribution in [2.75, 3.05) is 44.4 Å². The zero-order valence-electron chi connectivity index (χ0n) is 13.2. The summed E-state index contributed by atoms with van der Waals surface area (Å²) >= 11 is 2.12. The molecule has 3 aliphatic rings. The van der Waals surface area contributed by atoms with Crippen molar-refractivity contribution in [3.8, 4) is 0 Å². The van der Waals surface area contributed by atoms with Crippen molar-refractivity contribution < 1.29 is 4.74 Å². The zero-order valence-corrected chi connectivity index (χ0v) is 14.0. The van der Waals surface area contributed by atoms with Crippen molar-refractivity contribution in [1.29, 1.82) is 0 Å². The Bertz CT molecular complexity index is 510. The SMILES string of the molecule is c1ccc2c(c1)CC[C@H]2NC[C@]1(N2CCOCC2)CCSC1. The lowest BCUT2D eigenvalue weighted by Crippen LogP contribution is -2.58. The number of thioether (sulfide) groups is 1. The monoisotopic (exact) mass is 318 g/mol. The van der Waals surface area contributed by atoms with Crippen LogP contribution in [0.3, 0.4) is 0 Å². The maximum atomic E-state index is 5.56. The molecule has 0 aromatic heterocycles. The molecule has 4 heteroatoms. The second-order valence-corrected chi connectivity index (χ2v) is 7.90. The Morgan fingerprint density at radius 3 is 2.95 bits per heavy atom. The molecule has 2 aliphatic heterocycles. The molecule has 0 bridgehead atoms. The molecular weight excluding hydrogens is 292 g/mol. The number of benzene rings is 1. The minimum Gasteiger partial charge on any atom is -0.379 e. The van der Waals surface area contributed by atoms with Gasteiger partial charge in [-0.05, 0) is 36.1 Å². The van der Waals surface area contributed by atoms with Gasteiger partial charge in [-0.15, -0.1) is 0 Å². The fraction of sp³-hybridized carbons (Fsp3) is 0.667. The third-order valence-corrected chi connectivity index (χ3v) is 6.81. The predicted octanol–water partition coefficient (Wildman–Crippen LogP) is 2.47. The lowest BCUT2D eigenvalue weighted by molar-refractivity contribution is -0.0141. The van der Waals surface area contributed by atoms with Crippen LogP contribution in [0.2, 0.25) is 0 Å². The van der Waals surface area contributed by atoms with Crippen molar-refractivity contribution >= 4 is 11.8 Å². The van der Waals surface area contributed by atoms with Gasteiger partial charge in [0.15, 0.2) is 0 Å². The van der Waals surface area contributed by atoms with E-state index in [1.165, 1.54) is 36.3 Å². The number of fused-ring (bicyclic) bond motifs is 1. The van der Waals surface area contributed by atoms with Gasteiger partial charge in [-0.2, -0.15) is 11.8 Å². The summed E-state index contributed by atoms with van der Waals surface area (Å²) in [7, 11) is 0. The Balaban J connectivity index is 1.45. The van der Waals surface area contributed by atoms with Gasteiger partial charge in [-0.3, -0.25) is 4.90 Å². The van der Waals surface area contributed by atoms with Crippen LogP contribution in [-0.2, 0) is 11.2 Å². The third-order valence-electron chi connectivity index (χ3n) is 5.57. The molecule has 1 aromatic rings. The fourth-order valence-corrected chi connectivity index (χ4v) is 5.69. The number of morpholine rings is 1. The standard InChI is InChI=1S/C18H26N2OS/c1-2-4-16-15(3-1)5-6-17(16)19-13-18(7-12-22-14-18)20-8-10-21-11-9-20/h1-4,17,19H,5-14H2/t17-,18-/m1/s1. The molecule has 2 atom stereocenters. The second kappa shape index (κ2) is 6.52. The highest BCUT2D eigenvalue weighted by atomic mass is 32.2. The molecular formula is C18H26N2OS. The molecule has 1 aromatic carbocycles. The van der Waals surface area contributed by atoms with E-state index in [-0.39, 0.29) is 0 Å². The maximum absolute atomic E-state index is 5.56. The lowest BCUT2D eigenvalue weighted by atomic mass is 9.94. The number of nitrogens with zero attached hydrogens (tertiary/aromatic N) is 1. The molecule has 0 unspecified atom stereocenters. The Kier molecular flexibility index (Phi) is 4.45. The largest absolute Gasteiger partial charge is 0.379 e. The van der Waals surface area contributed by atoms with E-state index in [0.29, 0.717) is 11.6 Å². The first-order valence-corrected chi connectivity index (χ1v) is 9.75. The Hall–Kier alpha value is -0.550. The van der Waals surface area contributed by atoms with E-state index in [4.69, 9.17) is 4.74 Å². The number of aryl methyl sites for hydroxylation is 1. The second-order valence-electron chi connectivity index (χ2n) is 6.80. The van der Waals surface area contributed by atoms with Crippen LogP contribution in [0.1, 0.15) is 30.0 Å². The van der Waals surface area contributed by atoms with E-state index in [9.17, 15) is 0 Å². The fourth-order valence-electron chi connectivity index (χ4n) is 4.22. The Labute approximate surface area is 137 Å². The highest BCUT2D eigenvalue weighted by molar-refractivity contribution is 7.99. The van der Waals surface area contributed by atoms with E-state index in [0.717, 1.165) is 32.8 Å². The molecule has 2 fully saturated rings. The Morgan fingerprint density at radius 1 is 1.27 bits per heavy atom. The van der Waals surface area contributed by atoms with Gasteiger partial charge in [-0.25, -0.2) is 0 Å². The average molecular weight is 318 g/mol. The van der Waals surface area contributed by atoms with E-state index in [1.807, 2.05) is 0 Å². The Morgan fingerprint density at radius 2 is 2.14 bits per heavy atom. The molecule has 0 saturated carbocycles. The number of hydrogen-bond donors (Lipinski definition) is 1. The van der Waals surface area contributed by atoms with Gasteiger partial charge in [0.25, 0.3) is 0 Å². The van der Waals surface area contributed by atoms with Crippen molar-refractivity contribution in [2.45, 2.75) is 30.8 Å². The summed E-state index contributed by atoms with van der Waals surface area (Å²) in [4.78, 5) is 2.70. The lowest BCUT2D eigenvalue weighted by Gasteiger charge is -2.43. The zero-order chi connectivity index (χ0) is 14.8. The number of ether oxygens (including phenoxy) is 1. The van der Waals surface area contributed by atoms with Crippen LogP contribution in [-0.4, -0.2) is 54.8 Å². The summed E-state index contributed by atoms with van der Waals surface area (Å²) in [6.45, 7) is 5.13. The highest BCUT2D eigenvalue weighted by Crippen LogP contribution is 2.36. The topological polar surface area (TPSA) is 24.5 Å². The first kappa shape index (κ1) is 15.0. The molecule has 1 N–H and O–H groups in total. The van der Waals surface area contributed by atoms with Crippen LogP contribution in [0.4, 0.5) is 0 Å². The summed E-state index contributed by atoms with van der Waals surface area (Å²) in [5, 5.41) is 3.92. The summed E-state index contributed by atoms with van der Waals surface area (Å²) in [6.07, 6.45) is 3.80. The molecule has 0 amide bonds. The van der Waals surface area contributed by atoms with Gasteiger partial charge >= 0.3 is 0 Å². The molecule has 2 saturated heterocycles. The minimum atomic E-state index is 0.353. The molecule has 1 aliphatic carbocycles. The van der Waals surface area contributed by atoms with Gasteiger partial charge in [0.05, 0.1) is 13.2 Å². The summed E-state index contributed by atoms with van der Waals surface area (Å²) in [5.41, 5.74) is 3.43. The van der Waals surface area contributed by atoms with E-state index < -0.39 is 0 Å². The van der Waals surface area contributed by atoms with Crippen molar-refractivity contribution in [2.24, 2.45) is 0 Å². The van der Waals surface area contributed by atoms with Crippen LogP contribution in [0.5, 0.6) is 0 Å². The van der Waals surface area contributed by atoms with Gasteiger partial charge in [-0.1, -0.05) is 24.3 Å². The number of nitrogens with one attached hydrogen (secondary N) is 1. The van der Waals surface area contributed by atoms with Crippen molar-refractivity contribution in [3.05, 3.63) is 35.4 Å². The quantitative estimate of drug-likeness (QED) is 0.922. The summed E-state index contributed by atoms with van der Waals surface area (Å²) in [5.74, 6) is 2.58. The summed E-state index contributed by atoms with van der Waals surface area (Å²) in [6, 6.07) is 9.51. The molecule has 22 heavy (non-hydrogen) atoms. The van der Waals surface area contributed by atoms with E-state index in [2.05, 4.69) is 46.2 Å². The normalized spacial score (nSPS) is 32.3. The molecule has 120 valence electrons. The average Bonchev–Trinajstić information content (AvgIpc) is 3.22. The molecule has 4 rings (SSSR count). The minimum absolute atomic E-state index is 0.353. The first-order valence-electron chi connectivity index (χ1n) is 8.59. The maximum Gasteiger partial charge on any atom is 0.0594 e. The predicted molar refractivity (Wildman–Crippen MR) is 92.6 cm³/mol. The number of hydrogen-bond acceptors (Lipinski definition) is 4. The number of rotatable bonds is 4. The molecule has 0 radical (unpaired) electrons. The van der Waals surface area contributed by atoms with E-state index in [1.54, 1.807) is 5.56 Å². The van der Waals surface area contributed by atoms with Crippen LogP contribution in [0, 0.1) is 0 Å². The molecule has 2 heterocycles. The van der Waals surface area contributed by atoms with Gasteiger partial charge in [0.1, 0.15) is 0 Å². The van der Waals surface area contributed by atoms with Crippen LogP contribution in [0.15, 0.2) is 24.3 Å². The molecule has 0 spiro atoms. The van der Waals surface area contributed by atoms with Crippen LogP contribution >= 0.6 is 11.8 Å². The summed E-state index contributed by atoms with van der Waals surface area (Å²) < 4.78 is 5.56. The van der Waals surface area contributed by atoms with Crippen molar-refractivity contribution in [3.63, 3.8) is 0 Å². The highest BCUT2D eigenvalue weighted by Gasteiger charge is 2.41. The van der Waals surface area contributed by atoms with E-state index >= 15 is 0 Å².